The van der Waals surface area contributed by atoms with E-state index in [-0.39, 0.29) is 0 Å². The number of amidine groups is 2. The Hall–Kier alpha value is -1.06. The van der Waals surface area contributed by atoms with Gasteiger partial charge < -0.3 is 11.5 Å². The molecule has 0 bridgehead atoms. The molecule has 2 fully saturated rings. The molecular formula is C22H42N4. The zero-order valence-electron chi connectivity index (χ0n) is 16.9. The van der Waals surface area contributed by atoms with Crippen molar-refractivity contribution in [2.24, 2.45) is 21.5 Å². The summed E-state index contributed by atoms with van der Waals surface area (Å²) in [6.07, 6.45) is 22.5. The number of hydrogen-bond donors (Lipinski definition) is 2. The Morgan fingerprint density at radius 1 is 0.538 bits per heavy atom. The maximum Gasteiger partial charge on any atom is 0.0940 e. The molecule has 0 aromatic heterocycles. The van der Waals surface area contributed by atoms with Crippen LogP contribution in [0, 0.1) is 0 Å². The van der Waals surface area contributed by atoms with Crippen molar-refractivity contribution in [1.29, 1.82) is 0 Å². The van der Waals surface area contributed by atoms with Crippen LogP contribution in [0.3, 0.4) is 0 Å². The topological polar surface area (TPSA) is 76.8 Å². The lowest BCUT2D eigenvalue weighted by Gasteiger charge is -2.18. The van der Waals surface area contributed by atoms with Gasteiger partial charge in [-0.3, -0.25) is 9.98 Å². The van der Waals surface area contributed by atoms with E-state index in [0.717, 1.165) is 24.5 Å². The summed E-state index contributed by atoms with van der Waals surface area (Å²) < 4.78 is 0. The van der Waals surface area contributed by atoms with E-state index in [1.165, 1.54) is 103 Å². The van der Waals surface area contributed by atoms with Crippen LogP contribution in [0.25, 0.3) is 0 Å². The zero-order valence-corrected chi connectivity index (χ0v) is 16.9. The molecule has 2 rings (SSSR count). The minimum absolute atomic E-state index is 0.518. The summed E-state index contributed by atoms with van der Waals surface area (Å²) in [6.45, 7) is 0. The summed E-state index contributed by atoms with van der Waals surface area (Å²) >= 11 is 0. The van der Waals surface area contributed by atoms with Gasteiger partial charge in [0.05, 0.1) is 23.8 Å². The fourth-order valence-corrected chi connectivity index (χ4v) is 4.34. The summed E-state index contributed by atoms with van der Waals surface area (Å²) in [5, 5.41) is 0. The molecule has 0 saturated heterocycles. The van der Waals surface area contributed by atoms with Crippen molar-refractivity contribution < 1.29 is 0 Å². The summed E-state index contributed by atoms with van der Waals surface area (Å²) in [4.78, 5) is 9.44. The normalized spacial score (nSPS) is 21.2. The number of unbranched alkanes of at least 4 members (excludes halogenated alkanes) is 5. The van der Waals surface area contributed by atoms with Crippen LogP contribution in [0.2, 0.25) is 0 Å². The minimum Gasteiger partial charge on any atom is -0.387 e. The lowest BCUT2D eigenvalue weighted by molar-refractivity contribution is 0.442. The Bertz CT molecular complexity index is 378. The maximum atomic E-state index is 6.10. The molecule has 0 atom stereocenters. The Kier molecular flexibility index (Phi) is 10.8. The standard InChI is InChI=1S/C22H42N4/c23-21(25-19-13-7-5-8-14-19)17-11-3-1-2-4-12-18-22(24)26-20-15-9-6-10-16-20/h19-20H,1-18H2,(H2,23,25)(H2,24,26). The highest BCUT2D eigenvalue weighted by molar-refractivity contribution is 5.80. The van der Waals surface area contributed by atoms with Gasteiger partial charge in [-0.15, -0.1) is 0 Å². The summed E-state index contributed by atoms with van der Waals surface area (Å²) in [6, 6.07) is 1.04. The quantitative estimate of drug-likeness (QED) is 0.290. The van der Waals surface area contributed by atoms with Crippen molar-refractivity contribution in [3.05, 3.63) is 0 Å². The molecule has 0 unspecified atom stereocenters. The van der Waals surface area contributed by atoms with Crippen molar-refractivity contribution in [2.45, 2.75) is 128 Å². The number of rotatable bonds is 11. The van der Waals surface area contributed by atoms with Crippen LogP contribution in [0.1, 0.15) is 116 Å². The predicted molar refractivity (Wildman–Crippen MR) is 114 cm³/mol. The zero-order chi connectivity index (χ0) is 18.5. The molecule has 0 aromatic carbocycles. The Labute approximate surface area is 161 Å². The van der Waals surface area contributed by atoms with Crippen molar-refractivity contribution in [3.8, 4) is 0 Å². The Morgan fingerprint density at radius 3 is 1.27 bits per heavy atom. The van der Waals surface area contributed by atoms with Gasteiger partial charge >= 0.3 is 0 Å². The highest BCUT2D eigenvalue weighted by Gasteiger charge is 2.13. The van der Waals surface area contributed by atoms with Gasteiger partial charge in [-0.1, -0.05) is 64.2 Å². The molecule has 0 aliphatic heterocycles. The lowest BCUT2D eigenvalue weighted by Crippen LogP contribution is -2.18. The largest absolute Gasteiger partial charge is 0.387 e. The van der Waals surface area contributed by atoms with Crippen LogP contribution < -0.4 is 11.5 Å². The maximum absolute atomic E-state index is 6.10. The molecule has 26 heavy (non-hydrogen) atoms. The van der Waals surface area contributed by atoms with Crippen LogP contribution in [0.4, 0.5) is 0 Å². The molecule has 0 radical (unpaired) electrons. The van der Waals surface area contributed by atoms with Crippen molar-refractivity contribution in [2.75, 3.05) is 0 Å². The van der Waals surface area contributed by atoms with E-state index in [0.29, 0.717) is 12.1 Å². The second-order valence-corrected chi connectivity index (χ2v) is 8.45. The fourth-order valence-electron chi connectivity index (χ4n) is 4.34. The highest BCUT2D eigenvalue weighted by Crippen LogP contribution is 2.21. The molecule has 2 aliphatic carbocycles. The summed E-state index contributed by atoms with van der Waals surface area (Å²) in [5.74, 6) is 1.78. The van der Waals surface area contributed by atoms with E-state index < -0.39 is 0 Å². The molecule has 2 saturated carbocycles. The first-order chi connectivity index (χ1) is 12.7. The number of aliphatic imine (C=N–C) groups is 2. The van der Waals surface area contributed by atoms with Gasteiger partial charge in [0, 0.05) is 12.8 Å². The second kappa shape index (κ2) is 13.2. The SMILES string of the molecule is NC(CCCCCCCCC(N)=NC1CCCCC1)=NC1CCCCC1. The third-order valence-electron chi connectivity index (χ3n) is 5.96. The number of nitrogens with two attached hydrogens (primary N) is 2. The van der Waals surface area contributed by atoms with Gasteiger partial charge in [0.1, 0.15) is 0 Å². The molecule has 2 aliphatic rings. The van der Waals surface area contributed by atoms with Gasteiger partial charge in [0.2, 0.25) is 0 Å². The van der Waals surface area contributed by atoms with E-state index in [1.54, 1.807) is 0 Å². The van der Waals surface area contributed by atoms with Gasteiger partial charge in [-0.2, -0.15) is 0 Å². The van der Waals surface area contributed by atoms with Crippen molar-refractivity contribution >= 4 is 11.7 Å². The van der Waals surface area contributed by atoms with Crippen LogP contribution in [-0.2, 0) is 0 Å². The Balaban J connectivity index is 1.42. The van der Waals surface area contributed by atoms with E-state index in [1.807, 2.05) is 0 Å². The summed E-state index contributed by atoms with van der Waals surface area (Å²) in [7, 11) is 0. The summed E-state index contributed by atoms with van der Waals surface area (Å²) in [5.41, 5.74) is 12.2. The molecule has 0 aromatic rings. The molecular weight excluding hydrogens is 320 g/mol. The smallest absolute Gasteiger partial charge is 0.0940 e. The number of nitrogens with zero attached hydrogens (tertiary/aromatic N) is 2. The fraction of sp³-hybridized carbons (Fsp3) is 0.909. The molecule has 0 amide bonds. The average molecular weight is 363 g/mol. The first kappa shape index (κ1) is 21.2. The van der Waals surface area contributed by atoms with Gasteiger partial charge in [0.15, 0.2) is 0 Å². The van der Waals surface area contributed by atoms with Gasteiger partial charge in [-0.05, 0) is 38.5 Å². The first-order valence-corrected chi connectivity index (χ1v) is 11.4. The molecule has 0 spiro atoms. The number of hydrogen-bond acceptors (Lipinski definition) is 2. The van der Waals surface area contributed by atoms with Crippen molar-refractivity contribution in [3.63, 3.8) is 0 Å². The van der Waals surface area contributed by atoms with E-state index in [2.05, 4.69) is 0 Å². The van der Waals surface area contributed by atoms with E-state index >= 15 is 0 Å². The van der Waals surface area contributed by atoms with E-state index in [4.69, 9.17) is 21.5 Å². The van der Waals surface area contributed by atoms with Crippen LogP contribution in [0.15, 0.2) is 9.98 Å². The monoisotopic (exact) mass is 362 g/mol. The molecule has 150 valence electrons. The van der Waals surface area contributed by atoms with Gasteiger partial charge in [0.25, 0.3) is 0 Å². The second-order valence-electron chi connectivity index (χ2n) is 8.45. The molecule has 0 heterocycles. The van der Waals surface area contributed by atoms with Crippen LogP contribution in [0.5, 0.6) is 0 Å². The van der Waals surface area contributed by atoms with Gasteiger partial charge in [-0.25, -0.2) is 0 Å². The van der Waals surface area contributed by atoms with Crippen LogP contribution in [-0.4, -0.2) is 23.8 Å². The minimum atomic E-state index is 0.518. The molecule has 4 nitrogen and oxygen atoms in total. The Morgan fingerprint density at radius 2 is 0.885 bits per heavy atom. The lowest BCUT2D eigenvalue weighted by atomic mass is 9.96. The average Bonchev–Trinajstić information content (AvgIpc) is 2.65. The highest BCUT2D eigenvalue weighted by atomic mass is 14.9. The molecule has 4 N–H and O–H groups in total. The third kappa shape index (κ3) is 9.59. The van der Waals surface area contributed by atoms with E-state index in [9.17, 15) is 0 Å². The molecule has 4 heteroatoms. The third-order valence-corrected chi connectivity index (χ3v) is 5.96. The van der Waals surface area contributed by atoms with Crippen LogP contribution >= 0.6 is 0 Å². The van der Waals surface area contributed by atoms with Crippen molar-refractivity contribution in [1.82, 2.24) is 0 Å². The predicted octanol–water partition coefficient (Wildman–Crippen LogP) is 5.49. The first-order valence-electron chi connectivity index (χ1n) is 11.4.